The molecule has 1 aromatic carbocycles. The number of carboxylic acid groups (broad SMARTS) is 1. The minimum absolute atomic E-state index is 0.0151. The van der Waals surface area contributed by atoms with Crippen LogP contribution in [0, 0.1) is 0 Å². The van der Waals surface area contributed by atoms with Gasteiger partial charge in [-0.05, 0) is 18.2 Å². The smallest absolute Gasteiger partial charge is 0.449 e. The molecule has 1 heterocycles. The monoisotopic (exact) mass is 365 g/mol. The molecule has 0 radical (unpaired) electrons. The van der Waals surface area contributed by atoms with Gasteiger partial charge in [-0.2, -0.15) is 13.2 Å². The summed E-state index contributed by atoms with van der Waals surface area (Å²) < 4.78 is 65.2. The third kappa shape index (κ3) is 3.36. The highest BCUT2D eigenvalue weighted by molar-refractivity contribution is 7.89. The number of aromatic nitrogens is 2. The summed E-state index contributed by atoms with van der Waals surface area (Å²) in [4.78, 5) is 13.9. The fraction of sp³-hybridized carbons (Fsp3) is 0.385. The maximum absolute atomic E-state index is 13.1. The van der Waals surface area contributed by atoms with Crippen LogP contribution in [0.4, 0.5) is 13.2 Å². The Hall–Kier alpha value is -2.14. The van der Waals surface area contributed by atoms with Gasteiger partial charge in [-0.25, -0.2) is 17.7 Å². The zero-order valence-electron chi connectivity index (χ0n) is 12.7. The number of rotatable bonds is 5. The Labute approximate surface area is 135 Å². The first-order valence-corrected chi connectivity index (χ1v) is 8.10. The fourth-order valence-electron chi connectivity index (χ4n) is 2.13. The lowest BCUT2D eigenvalue weighted by molar-refractivity contribution is -0.148. The van der Waals surface area contributed by atoms with Gasteiger partial charge in [0.1, 0.15) is 0 Å². The number of carbonyl (C=O) groups is 1. The molecule has 132 valence electrons. The number of carboxylic acids is 1. The molecular formula is C13H14F3N3O4S. The van der Waals surface area contributed by atoms with Crippen molar-refractivity contribution in [3.05, 3.63) is 24.0 Å². The van der Waals surface area contributed by atoms with Crippen molar-refractivity contribution in [2.45, 2.75) is 24.0 Å². The van der Waals surface area contributed by atoms with Crippen molar-refractivity contribution in [3.63, 3.8) is 0 Å². The molecule has 0 bridgehead atoms. The first-order valence-electron chi connectivity index (χ1n) is 6.66. The summed E-state index contributed by atoms with van der Waals surface area (Å²) in [5.41, 5.74) is -0.156. The number of aliphatic carboxylic acids is 1. The van der Waals surface area contributed by atoms with E-state index >= 15 is 0 Å². The molecule has 0 aliphatic heterocycles. The van der Waals surface area contributed by atoms with Crippen molar-refractivity contribution in [1.29, 1.82) is 0 Å². The van der Waals surface area contributed by atoms with Crippen LogP contribution in [0.1, 0.15) is 12.2 Å². The van der Waals surface area contributed by atoms with Crippen LogP contribution < -0.4 is 0 Å². The Bertz CT molecular complexity index is 888. The highest BCUT2D eigenvalue weighted by atomic mass is 32.2. The summed E-state index contributed by atoms with van der Waals surface area (Å²) in [6.07, 6.45) is -5.32. The lowest BCUT2D eigenvalue weighted by Gasteiger charge is -2.12. The third-order valence-corrected chi connectivity index (χ3v) is 5.11. The van der Waals surface area contributed by atoms with E-state index in [0.717, 1.165) is 21.0 Å². The minimum Gasteiger partial charge on any atom is -0.481 e. The van der Waals surface area contributed by atoms with Crippen LogP contribution in [-0.4, -0.2) is 47.4 Å². The van der Waals surface area contributed by atoms with Gasteiger partial charge in [-0.3, -0.25) is 4.79 Å². The van der Waals surface area contributed by atoms with Crippen LogP contribution in [0.25, 0.3) is 11.0 Å². The molecule has 7 nitrogen and oxygen atoms in total. The van der Waals surface area contributed by atoms with E-state index in [2.05, 4.69) is 4.98 Å². The second kappa shape index (κ2) is 6.06. The number of alkyl halides is 3. The molecule has 0 saturated carbocycles. The van der Waals surface area contributed by atoms with Gasteiger partial charge in [0.25, 0.3) is 0 Å². The normalized spacial score (nSPS) is 12.9. The van der Waals surface area contributed by atoms with E-state index in [4.69, 9.17) is 5.11 Å². The van der Waals surface area contributed by atoms with Crippen molar-refractivity contribution in [2.24, 2.45) is 0 Å². The van der Waals surface area contributed by atoms with Gasteiger partial charge in [-0.1, -0.05) is 0 Å². The average molecular weight is 365 g/mol. The maximum Gasteiger partial charge on any atom is 0.449 e. The number of benzene rings is 1. The van der Waals surface area contributed by atoms with E-state index in [9.17, 15) is 26.4 Å². The zero-order chi connectivity index (χ0) is 18.3. The van der Waals surface area contributed by atoms with Gasteiger partial charge in [0.05, 0.1) is 22.3 Å². The SMILES string of the molecule is CN(C)S(=O)(=O)c1ccc2c(c1)nc(C(F)(F)F)n2CCC(=O)O. The van der Waals surface area contributed by atoms with E-state index in [1.165, 1.54) is 20.2 Å². The number of sulfonamides is 1. The summed E-state index contributed by atoms with van der Waals surface area (Å²) in [5.74, 6) is -2.52. The van der Waals surface area contributed by atoms with E-state index in [0.29, 0.717) is 0 Å². The van der Waals surface area contributed by atoms with E-state index in [1.54, 1.807) is 0 Å². The van der Waals surface area contributed by atoms with E-state index < -0.39 is 41.0 Å². The van der Waals surface area contributed by atoms with Crippen molar-refractivity contribution < 1.29 is 31.5 Å². The predicted octanol–water partition coefficient (Wildman–Crippen LogP) is 1.78. The fourth-order valence-corrected chi connectivity index (χ4v) is 3.05. The van der Waals surface area contributed by atoms with Gasteiger partial charge >= 0.3 is 12.1 Å². The molecule has 1 aromatic heterocycles. The van der Waals surface area contributed by atoms with Crippen molar-refractivity contribution in [1.82, 2.24) is 13.9 Å². The quantitative estimate of drug-likeness (QED) is 0.872. The number of hydrogen-bond acceptors (Lipinski definition) is 4. The molecule has 11 heteroatoms. The van der Waals surface area contributed by atoms with Crippen LogP contribution in [0.3, 0.4) is 0 Å². The first-order chi connectivity index (χ1) is 10.9. The van der Waals surface area contributed by atoms with Gasteiger partial charge in [0.15, 0.2) is 0 Å². The molecule has 0 spiro atoms. The zero-order valence-corrected chi connectivity index (χ0v) is 13.5. The molecule has 0 atom stereocenters. The highest BCUT2D eigenvalue weighted by Crippen LogP contribution is 2.32. The van der Waals surface area contributed by atoms with Crippen LogP contribution in [0.5, 0.6) is 0 Å². The van der Waals surface area contributed by atoms with Gasteiger partial charge in [0.2, 0.25) is 15.8 Å². The molecule has 24 heavy (non-hydrogen) atoms. The van der Waals surface area contributed by atoms with Crippen LogP contribution in [0.15, 0.2) is 23.1 Å². The number of nitrogens with zero attached hydrogens (tertiary/aromatic N) is 3. The van der Waals surface area contributed by atoms with Crippen LogP contribution >= 0.6 is 0 Å². The molecule has 0 unspecified atom stereocenters. The summed E-state index contributed by atoms with van der Waals surface area (Å²) in [6.45, 7) is -0.430. The summed E-state index contributed by atoms with van der Waals surface area (Å²) in [5, 5.41) is 8.69. The molecule has 2 rings (SSSR count). The van der Waals surface area contributed by atoms with Crippen LogP contribution in [0.2, 0.25) is 0 Å². The van der Waals surface area contributed by atoms with Crippen molar-refractivity contribution in [2.75, 3.05) is 14.1 Å². The lowest BCUT2D eigenvalue weighted by Crippen LogP contribution is -2.22. The Kier molecular flexibility index (Phi) is 4.59. The Morgan fingerprint density at radius 2 is 1.96 bits per heavy atom. The number of halogens is 3. The van der Waals surface area contributed by atoms with E-state index in [-0.39, 0.29) is 15.9 Å². The van der Waals surface area contributed by atoms with E-state index in [1.807, 2.05) is 0 Å². The first kappa shape index (κ1) is 18.2. The average Bonchev–Trinajstić information content (AvgIpc) is 2.82. The molecule has 2 aromatic rings. The predicted molar refractivity (Wildman–Crippen MR) is 77.9 cm³/mol. The second-order valence-corrected chi connectivity index (χ2v) is 7.32. The number of aryl methyl sites for hydroxylation is 1. The second-order valence-electron chi connectivity index (χ2n) is 5.17. The molecule has 0 aliphatic rings. The Balaban J connectivity index is 2.65. The number of fused-ring (bicyclic) bond motifs is 1. The van der Waals surface area contributed by atoms with Crippen LogP contribution in [-0.2, 0) is 27.5 Å². The molecule has 0 amide bonds. The summed E-state index contributed by atoms with van der Waals surface area (Å²) in [6, 6.07) is 3.39. The summed E-state index contributed by atoms with van der Waals surface area (Å²) >= 11 is 0. The Morgan fingerprint density at radius 1 is 1.33 bits per heavy atom. The minimum atomic E-state index is -4.79. The third-order valence-electron chi connectivity index (χ3n) is 3.30. The number of hydrogen-bond donors (Lipinski definition) is 1. The van der Waals surface area contributed by atoms with Gasteiger partial charge in [0, 0.05) is 20.6 Å². The molecule has 0 fully saturated rings. The summed E-state index contributed by atoms with van der Waals surface area (Å²) in [7, 11) is -1.23. The van der Waals surface area contributed by atoms with Gasteiger partial charge < -0.3 is 9.67 Å². The molecule has 0 aliphatic carbocycles. The van der Waals surface area contributed by atoms with Gasteiger partial charge in [-0.15, -0.1) is 0 Å². The molecular weight excluding hydrogens is 351 g/mol. The lowest BCUT2D eigenvalue weighted by atomic mass is 10.3. The Morgan fingerprint density at radius 3 is 2.46 bits per heavy atom. The molecule has 1 N–H and O–H groups in total. The number of imidazole rings is 1. The maximum atomic E-state index is 13.1. The molecule has 0 saturated heterocycles. The topological polar surface area (TPSA) is 92.5 Å². The van der Waals surface area contributed by atoms with Crippen molar-refractivity contribution in [3.8, 4) is 0 Å². The standard InChI is InChI=1S/C13H14F3N3O4S/c1-18(2)24(22,23)8-3-4-10-9(7-8)17-12(13(14,15)16)19(10)6-5-11(20)21/h3-4,7H,5-6H2,1-2H3,(H,20,21). The highest BCUT2D eigenvalue weighted by Gasteiger charge is 2.37. The largest absolute Gasteiger partial charge is 0.481 e. The van der Waals surface area contributed by atoms with Crippen molar-refractivity contribution >= 4 is 27.0 Å².